The maximum atomic E-state index is 4.49. The summed E-state index contributed by atoms with van der Waals surface area (Å²) < 4.78 is 2.12. The number of pyridine rings is 1. The van der Waals surface area contributed by atoms with Crippen molar-refractivity contribution >= 4 is 10.9 Å². The first kappa shape index (κ1) is 12.8. The average molecular weight is 266 g/mol. The van der Waals surface area contributed by atoms with Crippen molar-refractivity contribution in [1.82, 2.24) is 19.9 Å². The molecule has 0 aliphatic rings. The zero-order valence-corrected chi connectivity index (χ0v) is 11.6. The van der Waals surface area contributed by atoms with Crippen LogP contribution in [0.2, 0.25) is 0 Å². The predicted molar refractivity (Wildman–Crippen MR) is 80.7 cm³/mol. The van der Waals surface area contributed by atoms with Crippen LogP contribution in [0.15, 0.2) is 49.1 Å². The van der Waals surface area contributed by atoms with E-state index in [9.17, 15) is 0 Å². The molecule has 0 fully saturated rings. The molecule has 20 heavy (non-hydrogen) atoms. The van der Waals surface area contributed by atoms with Crippen LogP contribution in [0.25, 0.3) is 10.9 Å². The molecule has 0 bridgehead atoms. The highest BCUT2D eigenvalue weighted by atomic mass is 15.0. The third-order valence-corrected chi connectivity index (χ3v) is 3.39. The monoisotopic (exact) mass is 266 g/mol. The summed E-state index contributed by atoms with van der Waals surface area (Å²) in [5.41, 5.74) is 3.41. The van der Waals surface area contributed by atoms with Crippen molar-refractivity contribution in [2.24, 2.45) is 0 Å². The standard InChI is InChI=1S/C16H18N4/c1-17-9-7-15-11-20(12-19-15)10-14-5-2-4-13-6-3-8-18-16(13)14/h2-6,8,11-12,17H,7,9-10H2,1H3. The number of aromatic nitrogens is 3. The molecule has 0 saturated carbocycles. The van der Waals surface area contributed by atoms with Crippen LogP contribution >= 0.6 is 0 Å². The van der Waals surface area contributed by atoms with Crippen molar-refractivity contribution in [1.29, 1.82) is 0 Å². The molecular weight excluding hydrogens is 248 g/mol. The maximum Gasteiger partial charge on any atom is 0.0952 e. The van der Waals surface area contributed by atoms with Gasteiger partial charge in [-0.25, -0.2) is 4.98 Å². The minimum absolute atomic E-state index is 0.806. The second-order valence-electron chi connectivity index (χ2n) is 4.88. The molecule has 0 unspecified atom stereocenters. The average Bonchev–Trinajstić information content (AvgIpc) is 2.93. The molecule has 4 nitrogen and oxygen atoms in total. The van der Waals surface area contributed by atoms with Crippen LogP contribution in [0, 0.1) is 0 Å². The summed E-state index contributed by atoms with van der Waals surface area (Å²) in [5.74, 6) is 0. The molecule has 0 aliphatic carbocycles. The molecule has 3 rings (SSSR count). The molecular formula is C16H18N4. The van der Waals surface area contributed by atoms with E-state index < -0.39 is 0 Å². The van der Waals surface area contributed by atoms with E-state index in [2.05, 4.69) is 50.3 Å². The summed E-state index contributed by atoms with van der Waals surface area (Å²) >= 11 is 0. The van der Waals surface area contributed by atoms with Crippen molar-refractivity contribution < 1.29 is 0 Å². The lowest BCUT2D eigenvalue weighted by Crippen LogP contribution is -2.10. The predicted octanol–water partition coefficient (Wildman–Crippen LogP) is 2.24. The van der Waals surface area contributed by atoms with Crippen molar-refractivity contribution in [3.8, 4) is 0 Å². The largest absolute Gasteiger partial charge is 0.333 e. The minimum Gasteiger partial charge on any atom is -0.333 e. The summed E-state index contributed by atoms with van der Waals surface area (Å²) in [6, 6.07) is 10.4. The third kappa shape index (κ3) is 2.70. The Labute approximate surface area is 118 Å². The Bertz CT molecular complexity index is 697. The van der Waals surface area contributed by atoms with Crippen LogP contribution in [0.3, 0.4) is 0 Å². The van der Waals surface area contributed by atoms with E-state index in [1.165, 1.54) is 10.9 Å². The number of hydrogen-bond donors (Lipinski definition) is 1. The highest BCUT2D eigenvalue weighted by molar-refractivity contribution is 5.81. The lowest BCUT2D eigenvalue weighted by Gasteiger charge is -2.06. The molecule has 0 saturated heterocycles. The van der Waals surface area contributed by atoms with Gasteiger partial charge in [-0.1, -0.05) is 24.3 Å². The number of likely N-dealkylation sites (N-methyl/N-ethyl adjacent to an activating group) is 1. The summed E-state index contributed by atoms with van der Waals surface area (Å²) in [4.78, 5) is 8.92. The molecule has 1 N–H and O–H groups in total. The van der Waals surface area contributed by atoms with E-state index in [1.54, 1.807) is 0 Å². The van der Waals surface area contributed by atoms with E-state index in [0.29, 0.717) is 0 Å². The van der Waals surface area contributed by atoms with Gasteiger partial charge in [0.2, 0.25) is 0 Å². The van der Waals surface area contributed by atoms with Crippen LogP contribution in [0.5, 0.6) is 0 Å². The Kier molecular flexibility index (Phi) is 3.74. The van der Waals surface area contributed by atoms with Crippen LogP contribution in [0.1, 0.15) is 11.3 Å². The lowest BCUT2D eigenvalue weighted by atomic mass is 10.1. The number of nitrogens with one attached hydrogen (secondary N) is 1. The van der Waals surface area contributed by atoms with Gasteiger partial charge in [0, 0.05) is 30.7 Å². The van der Waals surface area contributed by atoms with Gasteiger partial charge in [0.15, 0.2) is 0 Å². The second kappa shape index (κ2) is 5.84. The summed E-state index contributed by atoms with van der Waals surface area (Å²) in [5, 5.41) is 4.32. The van der Waals surface area contributed by atoms with Crippen LogP contribution in [-0.2, 0) is 13.0 Å². The third-order valence-electron chi connectivity index (χ3n) is 3.39. The van der Waals surface area contributed by atoms with Gasteiger partial charge in [-0.3, -0.25) is 4.98 Å². The first-order chi connectivity index (χ1) is 9.86. The molecule has 2 heterocycles. The summed E-state index contributed by atoms with van der Waals surface area (Å²) in [6.07, 6.45) is 6.81. The van der Waals surface area contributed by atoms with Gasteiger partial charge in [-0.05, 0) is 18.7 Å². The van der Waals surface area contributed by atoms with E-state index >= 15 is 0 Å². The Morgan fingerprint density at radius 3 is 2.95 bits per heavy atom. The van der Waals surface area contributed by atoms with Gasteiger partial charge in [0.1, 0.15) is 0 Å². The van der Waals surface area contributed by atoms with Crippen molar-refractivity contribution in [2.45, 2.75) is 13.0 Å². The maximum absolute atomic E-state index is 4.49. The molecule has 0 spiro atoms. The zero-order chi connectivity index (χ0) is 13.8. The number of hydrogen-bond acceptors (Lipinski definition) is 3. The van der Waals surface area contributed by atoms with Crippen molar-refractivity contribution in [3.05, 3.63) is 60.3 Å². The number of rotatable bonds is 5. The van der Waals surface area contributed by atoms with Gasteiger partial charge < -0.3 is 9.88 Å². The quantitative estimate of drug-likeness (QED) is 0.770. The summed E-state index contributed by atoms with van der Waals surface area (Å²) in [6.45, 7) is 1.76. The normalized spacial score (nSPS) is 11.1. The van der Waals surface area contributed by atoms with E-state index in [1.807, 2.05) is 25.6 Å². The SMILES string of the molecule is CNCCc1cn(Cc2cccc3cccnc23)cn1. The Morgan fingerprint density at radius 2 is 2.05 bits per heavy atom. The fraction of sp³-hybridized carbons (Fsp3) is 0.250. The van der Waals surface area contributed by atoms with Crippen LogP contribution in [0.4, 0.5) is 0 Å². The molecule has 0 atom stereocenters. The minimum atomic E-state index is 0.806. The fourth-order valence-electron chi connectivity index (χ4n) is 2.37. The van der Waals surface area contributed by atoms with E-state index in [-0.39, 0.29) is 0 Å². The Hall–Kier alpha value is -2.20. The molecule has 0 amide bonds. The van der Waals surface area contributed by atoms with Crippen molar-refractivity contribution in [3.63, 3.8) is 0 Å². The molecule has 102 valence electrons. The summed E-state index contributed by atoms with van der Waals surface area (Å²) in [7, 11) is 1.96. The number of nitrogens with zero attached hydrogens (tertiary/aromatic N) is 3. The number of para-hydroxylation sites is 1. The van der Waals surface area contributed by atoms with E-state index in [0.717, 1.165) is 30.7 Å². The van der Waals surface area contributed by atoms with Gasteiger partial charge in [-0.2, -0.15) is 0 Å². The van der Waals surface area contributed by atoms with Gasteiger partial charge in [-0.15, -0.1) is 0 Å². The molecule has 3 aromatic rings. The zero-order valence-electron chi connectivity index (χ0n) is 11.6. The number of benzene rings is 1. The number of imidazole rings is 1. The fourth-order valence-corrected chi connectivity index (χ4v) is 2.37. The lowest BCUT2D eigenvalue weighted by molar-refractivity contribution is 0.774. The smallest absolute Gasteiger partial charge is 0.0952 e. The first-order valence-corrected chi connectivity index (χ1v) is 6.84. The van der Waals surface area contributed by atoms with Crippen LogP contribution in [-0.4, -0.2) is 28.1 Å². The van der Waals surface area contributed by atoms with Crippen LogP contribution < -0.4 is 5.32 Å². The topological polar surface area (TPSA) is 42.7 Å². The van der Waals surface area contributed by atoms with Crippen molar-refractivity contribution in [2.75, 3.05) is 13.6 Å². The molecule has 0 aliphatic heterocycles. The highest BCUT2D eigenvalue weighted by Gasteiger charge is 2.04. The molecule has 0 radical (unpaired) electrons. The molecule has 4 heteroatoms. The number of fused-ring (bicyclic) bond motifs is 1. The van der Waals surface area contributed by atoms with E-state index in [4.69, 9.17) is 0 Å². The Balaban J connectivity index is 1.84. The highest BCUT2D eigenvalue weighted by Crippen LogP contribution is 2.17. The Morgan fingerprint density at radius 1 is 1.15 bits per heavy atom. The van der Waals surface area contributed by atoms with Gasteiger partial charge in [0.05, 0.1) is 24.1 Å². The van der Waals surface area contributed by atoms with Gasteiger partial charge in [0.25, 0.3) is 0 Å². The first-order valence-electron chi connectivity index (χ1n) is 6.84. The van der Waals surface area contributed by atoms with Gasteiger partial charge >= 0.3 is 0 Å². The second-order valence-corrected chi connectivity index (χ2v) is 4.88. The molecule has 2 aromatic heterocycles. The molecule has 1 aromatic carbocycles.